The standard InChI is InChI=1S/C23H31N3O3S/c1-3-26(4-2)30(28,29)20-12-13-22(25-16-8-9-17-25)21(18-20)23(27)24-15-14-19-10-6-5-7-11-19/h5-7,10-13,18H,3-4,8-9,14-17H2,1-2H3,(H,24,27). The first-order chi connectivity index (χ1) is 14.5. The van der Waals surface area contributed by atoms with Crippen molar-refractivity contribution in [3.8, 4) is 0 Å². The highest BCUT2D eigenvalue weighted by atomic mass is 32.2. The van der Waals surface area contributed by atoms with E-state index in [2.05, 4.69) is 10.2 Å². The Kier molecular flexibility index (Phi) is 7.50. The van der Waals surface area contributed by atoms with Crippen LogP contribution in [-0.2, 0) is 16.4 Å². The molecule has 3 rings (SSSR count). The van der Waals surface area contributed by atoms with E-state index in [1.165, 1.54) is 4.31 Å². The zero-order chi connectivity index (χ0) is 21.6. The van der Waals surface area contributed by atoms with E-state index < -0.39 is 10.0 Å². The van der Waals surface area contributed by atoms with E-state index in [9.17, 15) is 13.2 Å². The van der Waals surface area contributed by atoms with Crippen molar-refractivity contribution >= 4 is 21.6 Å². The zero-order valence-corrected chi connectivity index (χ0v) is 18.6. The summed E-state index contributed by atoms with van der Waals surface area (Å²) in [6, 6.07) is 14.9. The molecule has 1 saturated heterocycles. The number of sulfonamides is 1. The molecule has 1 amide bonds. The van der Waals surface area contributed by atoms with Crippen LogP contribution in [0.2, 0.25) is 0 Å². The summed E-state index contributed by atoms with van der Waals surface area (Å²) in [6.45, 7) is 6.68. The summed E-state index contributed by atoms with van der Waals surface area (Å²) in [5, 5.41) is 2.97. The van der Waals surface area contributed by atoms with Gasteiger partial charge in [-0.05, 0) is 43.0 Å². The van der Waals surface area contributed by atoms with Crippen molar-refractivity contribution in [3.05, 3.63) is 59.7 Å². The van der Waals surface area contributed by atoms with Gasteiger partial charge in [0, 0.05) is 38.4 Å². The molecule has 30 heavy (non-hydrogen) atoms. The van der Waals surface area contributed by atoms with Gasteiger partial charge in [0.2, 0.25) is 10.0 Å². The number of hydrogen-bond donors (Lipinski definition) is 1. The number of rotatable bonds is 9. The summed E-state index contributed by atoms with van der Waals surface area (Å²) in [4.78, 5) is 15.4. The second kappa shape index (κ2) is 10.1. The number of nitrogens with zero attached hydrogens (tertiary/aromatic N) is 2. The van der Waals surface area contributed by atoms with Gasteiger partial charge in [-0.3, -0.25) is 4.79 Å². The van der Waals surface area contributed by atoms with Gasteiger partial charge in [-0.2, -0.15) is 4.31 Å². The van der Waals surface area contributed by atoms with E-state index in [1.54, 1.807) is 18.2 Å². The minimum Gasteiger partial charge on any atom is -0.371 e. The third-order valence-corrected chi connectivity index (χ3v) is 7.59. The van der Waals surface area contributed by atoms with Gasteiger partial charge >= 0.3 is 0 Å². The summed E-state index contributed by atoms with van der Waals surface area (Å²) in [6.07, 6.45) is 2.88. The second-order valence-corrected chi connectivity index (χ2v) is 9.39. The SMILES string of the molecule is CCN(CC)S(=O)(=O)c1ccc(N2CCCC2)c(C(=O)NCCc2ccccc2)c1. The second-order valence-electron chi connectivity index (χ2n) is 7.45. The average molecular weight is 430 g/mol. The molecule has 0 saturated carbocycles. The van der Waals surface area contributed by atoms with Crippen LogP contribution in [0.1, 0.15) is 42.6 Å². The Hall–Kier alpha value is -2.38. The summed E-state index contributed by atoms with van der Waals surface area (Å²) in [7, 11) is -3.63. The largest absolute Gasteiger partial charge is 0.371 e. The fourth-order valence-electron chi connectivity index (χ4n) is 3.86. The zero-order valence-electron chi connectivity index (χ0n) is 17.8. The van der Waals surface area contributed by atoms with Crippen LogP contribution in [0.4, 0.5) is 5.69 Å². The first kappa shape index (κ1) is 22.3. The van der Waals surface area contributed by atoms with E-state index in [0.29, 0.717) is 25.2 Å². The lowest BCUT2D eigenvalue weighted by Gasteiger charge is -2.23. The van der Waals surface area contributed by atoms with Crippen molar-refractivity contribution in [1.82, 2.24) is 9.62 Å². The first-order valence-corrected chi connectivity index (χ1v) is 12.1. The monoisotopic (exact) mass is 429 g/mol. The minimum atomic E-state index is -3.63. The maximum atomic E-state index is 13.1. The minimum absolute atomic E-state index is 0.169. The predicted molar refractivity (Wildman–Crippen MR) is 120 cm³/mol. The molecule has 7 heteroatoms. The van der Waals surface area contributed by atoms with Gasteiger partial charge < -0.3 is 10.2 Å². The Morgan fingerprint density at radius 3 is 2.33 bits per heavy atom. The lowest BCUT2D eigenvalue weighted by atomic mass is 10.1. The topological polar surface area (TPSA) is 69.7 Å². The van der Waals surface area contributed by atoms with Gasteiger partial charge in [-0.15, -0.1) is 0 Å². The Labute approximate surface area is 179 Å². The van der Waals surface area contributed by atoms with Crippen LogP contribution in [0.25, 0.3) is 0 Å². The number of carbonyl (C=O) groups is 1. The van der Waals surface area contributed by atoms with Gasteiger partial charge in [-0.1, -0.05) is 44.2 Å². The first-order valence-electron chi connectivity index (χ1n) is 10.7. The normalized spacial score (nSPS) is 14.3. The molecule has 0 aromatic heterocycles. The molecular formula is C23H31N3O3S. The molecular weight excluding hydrogens is 398 g/mol. The maximum Gasteiger partial charge on any atom is 0.253 e. The van der Waals surface area contributed by atoms with E-state index in [0.717, 1.165) is 43.6 Å². The van der Waals surface area contributed by atoms with Gasteiger partial charge in [-0.25, -0.2) is 8.42 Å². The lowest BCUT2D eigenvalue weighted by molar-refractivity contribution is 0.0954. The van der Waals surface area contributed by atoms with Crippen LogP contribution in [0.15, 0.2) is 53.4 Å². The van der Waals surface area contributed by atoms with Crippen LogP contribution in [0.5, 0.6) is 0 Å². The molecule has 1 aliphatic rings. The summed E-state index contributed by atoms with van der Waals surface area (Å²) >= 11 is 0. The number of benzene rings is 2. The smallest absolute Gasteiger partial charge is 0.253 e. The Morgan fingerprint density at radius 1 is 1.03 bits per heavy atom. The fraction of sp³-hybridized carbons (Fsp3) is 0.435. The van der Waals surface area contributed by atoms with Gasteiger partial charge in [0.1, 0.15) is 0 Å². The Balaban J connectivity index is 1.86. The third-order valence-electron chi connectivity index (χ3n) is 5.54. The molecule has 6 nitrogen and oxygen atoms in total. The molecule has 0 atom stereocenters. The molecule has 1 aliphatic heterocycles. The van der Waals surface area contributed by atoms with Crippen molar-refractivity contribution in [2.75, 3.05) is 37.6 Å². The summed E-state index contributed by atoms with van der Waals surface area (Å²) in [5.74, 6) is -0.232. The van der Waals surface area contributed by atoms with Gasteiger partial charge in [0.05, 0.1) is 10.5 Å². The van der Waals surface area contributed by atoms with Crippen LogP contribution in [0.3, 0.4) is 0 Å². The van der Waals surface area contributed by atoms with Gasteiger partial charge in [0.25, 0.3) is 5.91 Å². The van der Waals surface area contributed by atoms with Gasteiger partial charge in [0.15, 0.2) is 0 Å². The predicted octanol–water partition coefficient (Wildman–Crippen LogP) is 3.29. The Morgan fingerprint density at radius 2 is 1.70 bits per heavy atom. The van der Waals surface area contributed by atoms with E-state index in [1.807, 2.05) is 44.2 Å². The number of carbonyl (C=O) groups excluding carboxylic acids is 1. The molecule has 2 aromatic rings. The van der Waals surface area contributed by atoms with Crippen molar-refractivity contribution in [1.29, 1.82) is 0 Å². The maximum absolute atomic E-state index is 13.1. The molecule has 2 aromatic carbocycles. The van der Waals surface area contributed by atoms with E-state index in [-0.39, 0.29) is 10.8 Å². The molecule has 0 aliphatic carbocycles. The molecule has 1 fully saturated rings. The van der Waals surface area contributed by atoms with Crippen molar-refractivity contribution in [3.63, 3.8) is 0 Å². The van der Waals surface area contributed by atoms with Crippen LogP contribution in [-0.4, -0.2) is 51.4 Å². The highest BCUT2D eigenvalue weighted by Crippen LogP contribution is 2.28. The molecule has 0 bridgehead atoms. The van der Waals surface area contributed by atoms with Crippen LogP contribution < -0.4 is 10.2 Å². The molecule has 162 valence electrons. The van der Waals surface area contributed by atoms with Crippen LogP contribution >= 0.6 is 0 Å². The number of nitrogens with one attached hydrogen (secondary N) is 1. The lowest BCUT2D eigenvalue weighted by Crippen LogP contribution is -2.32. The molecule has 1 N–H and O–H groups in total. The number of amides is 1. The molecule has 0 spiro atoms. The quantitative estimate of drug-likeness (QED) is 0.664. The Bertz CT molecular complexity index is 951. The van der Waals surface area contributed by atoms with E-state index >= 15 is 0 Å². The molecule has 0 radical (unpaired) electrons. The summed E-state index contributed by atoms with van der Waals surface area (Å²) < 4.78 is 27.4. The van der Waals surface area contributed by atoms with Crippen LogP contribution in [0, 0.1) is 0 Å². The summed E-state index contributed by atoms with van der Waals surface area (Å²) in [5.41, 5.74) is 2.39. The number of hydrogen-bond acceptors (Lipinski definition) is 4. The van der Waals surface area contributed by atoms with Crippen molar-refractivity contribution in [2.45, 2.75) is 38.0 Å². The fourth-order valence-corrected chi connectivity index (χ4v) is 5.35. The van der Waals surface area contributed by atoms with Crippen molar-refractivity contribution in [2.24, 2.45) is 0 Å². The highest BCUT2D eigenvalue weighted by molar-refractivity contribution is 7.89. The molecule has 1 heterocycles. The molecule has 0 unspecified atom stereocenters. The van der Waals surface area contributed by atoms with E-state index in [4.69, 9.17) is 0 Å². The third kappa shape index (κ3) is 5.02. The average Bonchev–Trinajstić information content (AvgIpc) is 3.29. The highest BCUT2D eigenvalue weighted by Gasteiger charge is 2.26. The number of anilines is 1. The van der Waals surface area contributed by atoms with Crippen molar-refractivity contribution < 1.29 is 13.2 Å².